The molecule has 0 saturated heterocycles. The molecule has 302 valence electrons. The lowest BCUT2D eigenvalue weighted by molar-refractivity contribution is 0.401. The largest absolute Gasteiger partial charge is 0.496 e. The van der Waals surface area contributed by atoms with E-state index in [1.807, 2.05) is 73.7 Å². The highest BCUT2D eigenvalue weighted by Gasteiger charge is 2.31. The highest BCUT2D eigenvalue weighted by atomic mass is 32.2. The van der Waals surface area contributed by atoms with Gasteiger partial charge in [0.05, 0.1) is 19.1 Å². The van der Waals surface area contributed by atoms with E-state index in [0.717, 1.165) is 27.9 Å². The third-order valence-electron chi connectivity index (χ3n) is 10.8. The van der Waals surface area contributed by atoms with Crippen LogP contribution < -0.4 is 14.8 Å². The van der Waals surface area contributed by atoms with E-state index in [0.29, 0.717) is 57.8 Å². The van der Waals surface area contributed by atoms with Gasteiger partial charge in [-0.25, -0.2) is 0 Å². The molecule has 0 aromatic heterocycles. The van der Waals surface area contributed by atoms with Crippen LogP contribution >= 0.6 is 0 Å². The number of anilines is 2. The summed E-state index contributed by atoms with van der Waals surface area (Å²) in [7, 11) is -6.14. The van der Waals surface area contributed by atoms with Gasteiger partial charge in [-0.1, -0.05) is 72.3 Å². The highest BCUT2D eigenvalue weighted by Crippen LogP contribution is 2.45. The van der Waals surface area contributed by atoms with Crippen LogP contribution in [0, 0.1) is 41.5 Å². The van der Waals surface area contributed by atoms with Crippen LogP contribution in [-0.2, 0) is 33.1 Å². The van der Waals surface area contributed by atoms with Gasteiger partial charge in [-0.05, 0) is 146 Å². The number of rotatable bonds is 13. The molecule has 9 nitrogen and oxygen atoms in total. The van der Waals surface area contributed by atoms with Crippen molar-refractivity contribution < 1.29 is 35.4 Å². The summed E-state index contributed by atoms with van der Waals surface area (Å²) in [6.07, 6.45) is 0.984. The zero-order chi connectivity index (χ0) is 42.1. The molecule has 1 atom stereocenters. The Morgan fingerprint density at radius 1 is 0.552 bits per heavy atom. The fourth-order valence-electron chi connectivity index (χ4n) is 8.24. The molecule has 0 amide bonds. The van der Waals surface area contributed by atoms with Gasteiger partial charge in [-0.2, -0.15) is 16.8 Å². The van der Waals surface area contributed by atoms with Crippen LogP contribution in [-0.4, -0.2) is 40.2 Å². The molecule has 6 aromatic rings. The minimum absolute atomic E-state index is 0.108. The molecule has 6 aromatic carbocycles. The van der Waals surface area contributed by atoms with Crippen molar-refractivity contribution in [2.24, 2.45) is 0 Å². The van der Waals surface area contributed by atoms with Crippen molar-refractivity contribution in [3.05, 3.63) is 175 Å². The zero-order valence-corrected chi connectivity index (χ0v) is 35.6. The van der Waals surface area contributed by atoms with Gasteiger partial charge in [-0.3, -0.25) is 9.11 Å². The van der Waals surface area contributed by atoms with Gasteiger partial charge in [0.2, 0.25) is 0 Å². The monoisotopic (exact) mass is 819 g/mol. The number of aryl methyl sites for hydroxylation is 5. The normalized spacial score (nSPS) is 12.3. The van der Waals surface area contributed by atoms with E-state index in [1.165, 1.54) is 35.4 Å². The Balaban J connectivity index is 1.53. The second-order valence-electron chi connectivity index (χ2n) is 15.0. The average molecular weight is 820 g/mol. The van der Waals surface area contributed by atoms with Crippen LogP contribution in [0.5, 0.6) is 11.5 Å². The molecule has 0 radical (unpaired) electrons. The molecule has 58 heavy (non-hydrogen) atoms. The van der Waals surface area contributed by atoms with E-state index in [-0.39, 0.29) is 9.79 Å². The summed E-state index contributed by atoms with van der Waals surface area (Å²) < 4.78 is 84.3. The Kier molecular flexibility index (Phi) is 12.2. The molecule has 6 rings (SSSR count). The smallest absolute Gasteiger partial charge is 0.295 e. The highest BCUT2D eigenvalue weighted by molar-refractivity contribution is 7.86. The van der Waals surface area contributed by atoms with E-state index in [4.69, 9.17) is 9.47 Å². The van der Waals surface area contributed by atoms with Crippen molar-refractivity contribution in [3.8, 4) is 11.5 Å². The van der Waals surface area contributed by atoms with E-state index >= 15 is 0 Å². The van der Waals surface area contributed by atoms with E-state index in [2.05, 4.69) is 38.2 Å². The summed E-state index contributed by atoms with van der Waals surface area (Å²) in [5.74, 6) is 0.143. The number of hydrogen-bond acceptors (Lipinski definition) is 7. The Labute approximate surface area is 342 Å². The zero-order valence-electron chi connectivity index (χ0n) is 34.0. The molecule has 1 unspecified atom stereocenters. The van der Waals surface area contributed by atoms with Crippen LogP contribution in [0.4, 0.5) is 11.4 Å². The first kappa shape index (κ1) is 42.2. The predicted molar refractivity (Wildman–Crippen MR) is 230 cm³/mol. The van der Waals surface area contributed by atoms with Gasteiger partial charge in [0.15, 0.2) is 0 Å². The van der Waals surface area contributed by atoms with Gasteiger partial charge in [0.25, 0.3) is 20.2 Å². The molecular weight excluding hydrogens is 771 g/mol. The number of benzene rings is 6. The third kappa shape index (κ3) is 8.98. The van der Waals surface area contributed by atoms with Crippen molar-refractivity contribution in [2.75, 3.05) is 19.5 Å². The standard InChI is InChI=1S/C47H49NO8S2/c1-28-20-29(2)41(30(3)21-28)23-34-14-17-38(43(25-34)55-7)46(40-19-16-37(27-45(40)57(49,50)51)48-36-12-10-9-11-13-36)39-18-15-35(26-44(39)56-8)24-42-31(4)22-32(5)47(33(42)6)58(52,53)54/h9-22,25-27,46,48H,23-24H2,1-8H3,(H,49,50,51)(H,52,53,54). The van der Waals surface area contributed by atoms with Crippen molar-refractivity contribution in [3.63, 3.8) is 0 Å². The second kappa shape index (κ2) is 16.8. The topological polar surface area (TPSA) is 139 Å². The minimum atomic E-state index is -4.78. The first-order valence-corrected chi connectivity index (χ1v) is 21.7. The predicted octanol–water partition coefficient (Wildman–Crippen LogP) is 10.2. The van der Waals surface area contributed by atoms with Gasteiger partial charge in [0.1, 0.15) is 16.4 Å². The third-order valence-corrected chi connectivity index (χ3v) is 12.9. The van der Waals surface area contributed by atoms with Crippen LogP contribution in [0.25, 0.3) is 0 Å². The maximum absolute atomic E-state index is 13.3. The molecule has 11 heteroatoms. The number of hydrogen-bond donors (Lipinski definition) is 3. The summed E-state index contributed by atoms with van der Waals surface area (Å²) in [5, 5.41) is 3.23. The maximum atomic E-state index is 13.3. The Bertz CT molecular complexity index is 2720. The molecule has 0 saturated carbocycles. The first-order chi connectivity index (χ1) is 27.4. The van der Waals surface area contributed by atoms with Crippen LogP contribution in [0.2, 0.25) is 0 Å². The molecule has 0 aliphatic heterocycles. The van der Waals surface area contributed by atoms with Gasteiger partial charge >= 0.3 is 0 Å². The summed E-state index contributed by atoms with van der Waals surface area (Å²) >= 11 is 0. The molecular formula is C47H49NO8S2. The minimum Gasteiger partial charge on any atom is -0.496 e. The van der Waals surface area contributed by atoms with E-state index in [1.54, 1.807) is 39.2 Å². The molecule has 0 bridgehead atoms. The van der Waals surface area contributed by atoms with Crippen molar-refractivity contribution in [2.45, 2.75) is 70.1 Å². The summed E-state index contributed by atoms with van der Waals surface area (Å²) in [4.78, 5) is -0.395. The Morgan fingerprint density at radius 3 is 1.59 bits per heavy atom. The van der Waals surface area contributed by atoms with E-state index < -0.39 is 26.2 Å². The van der Waals surface area contributed by atoms with Gasteiger partial charge in [-0.15, -0.1) is 0 Å². The quantitative estimate of drug-likeness (QED) is 0.0768. The van der Waals surface area contributed by atoms with Crippen LogP contribution in [0.15, 0.2) is 113 Å². The molecule has 0 aliphatic rings. The summed E-state index contributed by atoms with van der Waals surface area (Å²) in [6.45, 7) is 11.5. The first-order valence-electron chi connectivity index (χ1n) is 18.8. The maximum Gasteiger partial charge on any atom is 0.295 e. The molecule has 0 aliphatic carbocycles. The van der Waals surface area contributed by atoms with E-state index in [9.17, 15) is 25.9 Å². The van der Waals surface area contributed by atoms with Crippen molar-refractivity contribution in [1.29, 1.82) is 0 Å². The number of nitrogens with one attached hydrogen (secondary N) is 1. The summed E-state index contributed by atoms with van der Waals surface area (Å²) in [6, 6.07) is 31.8. The van der Waals surface area contributed by atoms with Crippen LogP contribution in [0.1, 0.15) is 78.2 Å². The lowest BCUT2D eigenvalue weighted by Gasteiger charge is -2.26. The SMILES string of the molecule is COc1cc(Cc2c(C)cc(C)cc2C)ccc1C(c1ccc(Cc2c(C)cc(C)c(S(=O)(=O)O)c2C)cc1OC)c1ccc(Nc2ccccc2)cc1S(=O)(=O)O. The lowest BCUT2D eigenvalue weighted by Crippen LogP contribution is -2.13. The number of para-hydroxylation sites is 1. The van der Waals surface area contributed by atoms with Crippen molar-refractivity contribution in [1.82, 2.24) is 0 Å². The van der Waals surface area contributed by atoms with Crippen molar-refractivity contribution >= 4 is 31.6 Å². The Morgan fingerprint density at radius 2 is 1.07 bits per heavy atom. The second-order valence-corrected chi connectivity index (χ2v) is 17.7. The fourth-order valence-corrected chi connectivity index (χ4v) is 9.98. The number of ether oxygens (including phenoxy) is 2. The average Bonchev–Trinajstić information content (AvgIpc) is 3.15. The van der Waals surface area contributed by atoms with Gasteiger partial charge in [0, 0.05) is 28.4 Å². The molecule has 3 N–H and O–H groups in total. The molecule has 0 fully saturated rings. The van der Waals surface area contributed by atoms with Crippen LogP contribution in [0.3, 0.4) is 0 Å². The lowest BCUT2D eigenvalue weighted by atomic mass is 9.82. The fraction of sp³-hybridized carbons (Fsp3) is 0.234. The van der Waals surface area contributed by atoms with Gasteiger partial charge < -0.3 is 14.8 Å². The number of methoxy groups -OCH3 is 2. The Hall–Kier alpha value is -5.46. The molecule has 0 heterocycles. The molecule has 0 spiro atoms. The summed E-state index contributed by atoms with van der Waals surface area (Å²) in [5.41, 5.74) is 11.9.